The van der Waals surface area contributed by atoms with Crippen molar-refractivity contribution >= 4 is 39.2 Å². The van der Waals surface area contributed by atoms with Gasteiger partial charge in [-0.2, -0.15) is 4.31 Å². The summed E-state index contributed by atoms with van der Waals surface area (Å²) in [6.07, 6.45) is 2.79. The van der Waals surface area contributed by atoms with Gasteiger partial charge in [0, 0.05) is 36.1 Å². The molecule has 1 aliphatic carbocycles. The first kappa shape index (κ1) is 25.9. The molecule has 1 aromatic carbocycles. The molecule has 1 aromatic heterocycles. The molecule has 34 heavy (non-hydrogen) atoms. The molecular formula is C20H25ClN4O8S. The van der Waals surface area contributed by atoms with Crippen LogP contribution in [0.25, 0.3) is 10.8 Å². The molecule has 186 valence electrons. The van der Waals surface area contributed by atoms with Gasteiger partial charge in [0.05, 0.1) is 10.3 Å². The molecule has 12 nitrogen and oxygen atoms in total. The molecule has 1 aliphatic heterocycles. The van der Waals surface area contributed by atoms with Gasteiger partial charge in [-0.3, -0.25) is 14.2 Å². The Bertz CT molecular complexity index is 1290. The number of ether oxygens (including phenoxy) is 1. The van der Waals surface area contributed by atoms with E-state index in [-0.39, 0.29) is 35.3 Å². The predicted molar refractivity (Wildman–Crippen MR) is 122 cm³/mol. The molecule has 0 radical (unpaired) electrons. The van der Waals surface area contributed by atoms with E-state index in [0.29, 0.717) is 36.8 Å². The Morgan fingerprint density at radius 1 is 1.35 bits per heavy atom. The lowest BCUT2D eigenvalue weighted by atomic mass is 10.1. The van der Waals surface area contributed by atoms with Gasteiger partial charge >= 0.3 is 5.97 Å². The van der Waals surface area contributed by atoms with Crippen molar-refractivity contribution in [1.82, 2.24) is 8.87 Å². The predicted octanol–water partition coefficient (Wildman–Crippen LogP) is 0.943. The summed E-state index contributed by atoms with van der Waals surface area (Å²) in [7, 11) is -3.85. The fourth-order valence-corrected chi connectivity index (χ4v) is 5.86. The van der Waals surface area contributed by atoms with Crippen LogP contribution in [-0.4, -0.2) is 54.1 Å². The largest absolute Gasteiger partial charge is 0.443 e. The van der Waals surface area contributed by atoms with E-state index >= 15 is 0 Å². The maximum absolute atomic E-state index is 13.2. The third kappa shape index (κ3) is 4.73. The summed E-state index contributed by atoms with van der Waals surface area (Å²) in [5, 5.41) is 9.93. The summed E-state index contributed by atoms with van der Waals surface area (Å²) in [6, 6.07) is 4.25. The van der Waals surface area contributed by atoms with E-state index in [1.54, 1.807) is 6.92 Å². The van der Waals surface area contributed by atoms with Crippen molar-refractivity contribution in [3.63, 3.8) is 0 Å². The highest BCUT2D eigenvalue weighted by molar-refractivity contribution is 7.89. The van der Waals surface area contributed by atoms with Crippen LogP contribution in [0, 0.1) is 22.5 Å². The normalized spacial score (nSPS) is 19.4. The molecule has 2 fully saturated rings. The number of carbonyl (C=O) groups excluding carboxylic acids is 1. The summed E-state index contributed by atoms with van der Waals surface area (Å²) < 4.78 is 34.2. The fraction of sp³-hybridized carbons (Fsp3) is 0.500. The van der Waals surface area contributed by atoms with Crippen molar-refractivity contribution in [3.8, 4) is 0 Å². The molecule has 14 heteroatoms. The van der Waals surface area contributed by atoms with Crippen molar-refractivity contribution in [2.75, 3.05) is 19.7 Å². The number of nitrogens with two attached hydrogens (primary N) is 1. The molecule has 0 bridgehead atoms. The van der Waals surface area contributed by atoms with E-state index in [0.717, 1.165) is 0 Å². The highest BCUT2D eigenvalue weighted by atomic mass is 35.5. The SMILES string of the molecule is Cc1cn(COC(=O)C2(CO[N+](=O)[O-])CC2)c(=O)c2cccc(S(=O)(=O)N3CC[C@H](N)C3)c12.Cl. The molecule has 0 amide bonds. The van der Waals surface area contributed by atoms with E-state index in [9.17, 15) is 28.1 Å². The number of benzene rings is 1. The van der Waals surface area contributed by atoms with Gasteiger partial charge in [-0.25, -0.2) is 8.42 Å². The van der Waals surface area contributed by atoms with Crippen LogP contribution in [0.4, 0.5) is 0 Å². The zero-order valence-electron chi connectivity index (χ0n) is 18.3. The fourth-order valence-electron chi connectivity index (χ4n) is 4.07. The van der Waals surface area contributed by atoms with Crippen molar-refractivity contribution < 1.29 is 27.9 Å². The second kappa shape index (κ2) is 9.49. The number of hydrogen-bond donors (Lipinski definition) is 1. The van der Waals surface area contributed by atoms with Crippen molar-refractivity contribution in [1.29, 1.82) is 0 Å². The first-order valence-corrected chi connectivity index (χ1v) is 11.8. The Hall–Kier alpha value is -2.74. The minimum Gasteiger partial charge on any atom is -0.443 e. The molecule has 1 saturated heterocycles. The summed E-state index contributed by atoms with van der Waals surface area (Å²) in [5.41, 5.74) is 4.79. The summed E-state index contributed by atoms with van der Waals surface area (Å²) in [5.74, 6) is -0.685. The third-order valence-electron chi connectivity index (χ3n) is 6.13. The highest BCUT2D eigenvalue weighted by Crippen LogP contribution is 2.47. The number of nitrogens with zero attached hydrogens (tertiary/aromatic N) is 3. The van der Waals surface area contributed by atoms with Gasteiger partial charge in [-0.1, -0.05) is 6.07 Å². The first-order chi connectivity index (χ1) is 15.5. The monoisotopic (exact) mass is 516 g/mol. The molecule has 1 saturated carbocycles. The molecule has 2 aromatic rings. The number of pyridine rings is 1. The number of aromatic nitrogens is 1. The molecule has 0 spiro atoms. The second-order valence-corrected chi connectivity index (χ2v) is 10.4. The van der Waals surface area contributed by atoms with Gasteiger partial charge in [0.1, 0.15) is 6.61 Å². The van der Waals surface area contributed by atoms with Crippen molar-refractivity contribution in [3.05, 3.63) is 50.4 Å². The van der Waals surface area contributed by atoms with Crippen LogP contribution in [0.2, 0.25) is 0 Å². The Kier molecular flexibility index (Phi) is 7.22. The molecule has 2 aliphatic rings. The summed E-state index contributed by atoms with van der Waals surface area (Å²) in [6.45, 7) is 1.39. The number of carbonyl (C=O) groups is 1. The number of sulfonamides is 1. The van der Waals surface area contributed by atoms with E-state index in [2.05, 4.69) is 4.84 Å². The van der Waals surface area contributed by atoms with Crippen LogP contribution >= 0.6 is 12.4 Å². The quantitative estimate of drug-likeness (QED) is 0.305. The molecule has 0 unspecified atom stereocenters. The first-order valence-electron chi connectivity index (χ1n) is 10.4. The van der Waals surface area contributed by atoms with Crippen LogP contribution in [0.3, 0.4) is 0 Å². The van der Waals surface area contributed by atoms with E-state index in [1.807, 2.05) is 0 Å². The Balaban J connectivity index is 0.00000324. The van der Waals surface area contributed by atoms with Crippen molar-refractivity contribution in [2.45, 2.75) is 43.9 Å². The molecule has 2 heterocycles. The molecular weight excluding hydrogens is 492 g/mol. The molecule has 4 rings (SSSR count). The molecule has 1 atom stereocenters. The lowest BCUT2D eigenvalue weighted by molar-refractivity contribution is -0.759. The lowest BCUT2D eigenvalue weighted by Crippen LogP contribution is -2.32. The Morgan fingerprint density at radius 3 is 2.65 bits per heavy atom. The number of esters is 1. The summed E-state index contributed by atoms with van der Waals surface area (Å²) >= 11 is 0. The number of hydrogen-bond acceptors (Lipinski definition) is 9. The van der Waals surface area contributed by atoms with Crippen molar-refractivity contribution in [2.24, 2.45) is 11.1 Å². The average Bonchev–Trinajstić information content (AvgIpc) is 3.45. The minimum atomic E-state index is -3.85. The van der Waals surface area contributed by atoms with Crippen LogP contribution in [0.5, 0.6) is 0 Å². The lowest BCUT2D eigenvalue weighted by Gasteiger charge is -2.19. The maximum Gasteiger partial charge on any atom is 0.315 e. The topological polar surface area (TPSA) is 164 Å². The van der Waals surface area contributed by atoms with E-state index in [1.165, 1.54) is 33.3 Å². The molecule has 2 N–H and O–H groups in total. The number of rotatable bonds is 8. The smallest absolute Gasteiger partial charge is 0.315 e. The standard InChI is InChI=1S/C20H24N4O8S.ClH/c1-13-9-22(12-31-19(26)20(6-7-20)11-32-24(27)28)18(25)15-3-2-4-16(17(13)15)33(29,30)23-8-5-14(21)10-23;/h2-4,9,14H,5-8,10-12,21H2,1H3;1H/t14-;/m0./s1. The number of aryl methyl sites for hydroxylation is 1. The van der Waals surface area contributed by atoms with Crippen LogP contribution in [0.1, 0.15) is 24.8 Å². The van der Waals surface area contributed by atoms with E-state index in [4.69, 9.17) is 10.5 Å². The van der Waals surface area contributed by atoms with Gasteiger partial charge in [0.25, 0.3) is 10.6 Å². The minimum absolute atomic E-state index is 0. The zero-order valence-corrected chi connectivity index (χ0v) is 20.0. The van der Waals surface area contributed by atoms with Crippen LogP contribution < -0.4 is 11.3 Å². The third-order valence-corrected chi connectivity index (χ3v) is 8.04. The van der Waals surface area contributed by atoms with E-state index < -0.39 is 45.4 Å². The maximum atomic E-state index is 13.2. The van der Waals surface area contributed by atoms with Gasteiger partial charge in [0.2, 0.25) is 10.0 Å². The van der Waals surface area contributed by atoms with Gasteiger partial charge in [-0.05, 0) is 43.9 Å². The number of halogens is 1. The zero-order chi connectivity index (χ0) is 24.0. The van der Waals surface area contributed by atoms with Crippen LogP contribution in [0.15, 0.2) is 34.1 Å². The highest BCUT2D eigenvalue weighted by Gasteiger charge is 2.52. The Morgan fingerprint density at radius 2 is 2.06 bits per heavy atom. The second-order valence-electron chi connectivity index (χ2n) is 8.52. The summed E-state index contributed by atoms with van der Waals surface area (Å²) in [4.78, 5) is 40.2. The Labute approximate surface area is 201 Å². The number of fused-ring (bicyclic) bond motifs is 1. The van der Waals surface area contributed by atoms with Gasteiger partial charge in [0.15, 0.2) is 6.73 Å². The van der Waals surface area contributed by atoms with Crippen LogP contribution in [-0.2, 0) is 31.1 Å². The van der Waals surface area contributed by atoms with Gasteiger partial charge in [-0.15, -0.1) is 22.5 Å². The van der Waals surface area contributed by atoms with Gasteiger partial charge < -0.3 is 15.3 Å². The average molecular weight is 517 g/mol.